The average Bonchev–Trinajstić information content (AvgIpc) is 4.01. The van der Waals surface area contributed by atoms with Gasteiger partial charge in [-0.15, -0.1) is 0 Å². The molecule has 0 aliphatic rings. The van der Waals surface area contributed by atoms with E-state index < -0.39 is 0 Å². The van der Waals surface area contributed by atoms with Crippen molar-refractivity contribution in [2.24, 2.45) is 0 Å². The fraction of sp³-hybridized carbons (Fsp3) is 0.0500. The maximum atomic E-state index is 6.06. The van der Waals surface area contributed by atoms with Gasteiger partial charge in [-0.3, -0.25) is 0 Å². The second kappa shape index (κ2) is 14.9. The topological polar surface area (TPSA) is 143 Å². The Hall–Kier alpha value is -6.63. The minimum absolute atomic E-state index is 0.572. The quantitative estimate of drug-likeness (QED) is 0.138. The maximum Gasteiger partial charge on any atom is 0.227 e. The average molecular weight is 736 g/mol. The summed E-state index contributed by atoms with van der Waals surface area (Å²) in [6.07, 6.45) is 8.68. The van der Waals surface area contributed by atoms with Crippen molar-refractivity contribution < 1.29 is 8.83 Å². The Balaban J connectivity index is 0.000000154. The van der Waals surface area contributed by atoms with Gasteiger partial charge in [0.1, 0.15) is 34.7 Å². The number of aromatic nitrogens is 7. The molecule has 0 bridgehead atoms. The van der Waals surface area contributed by atoms with Crippen molar-refractivity contribution in [1.82, 2.24) is 34.9 Å². The Labute approximate surface area is 312 Å². The summed E-state index contributed by atoms with van der Waals surface area (Å²) >= 11 is 7.44. The molecule has 1 aromatic carbocycles. The van der Waals surface area contributed by atoms with E-state index in [0.717, 1.165) is 44.7 Å². The fourth-order valence-electron chi connectivity index (χ4n) is 5.42. The smallest absolute Gasteiger partial charge is 0.227 e. The van der Waals surface area contributed by atoms with Crippen LogP contribution >= 0.6 is 22.9 Å². The monoisotopic (exact) mass is 735 g/mol. The van der Waals surface area contributed by atoms with E-state index in [1.165, 1.54) is 0 Å². The van der Waals surface area contributed by atoms with Crippen LogP contribution in [0.1, 0.15) is 11.1 Å². The molecule has 8 aromatic heterocycles. The third-order valence-electron chi connectivity index (χ3n) is 8.07. The Kier molecular flexibility index (Phi) is 9.43. The normalized spacial score (nSPS) is 10.9. The number of anilines is 4. The van der Waals surface area contributed by atoms with Crippen LogP contribution in [-0.4, -0.2) is 34.9 Å². The highest BCUT2D eigenvalue weighted by atomic mass is 35.5. The van der Waals surface area contributed by atoms with Crippen LogP contribution in [0.15, 0.2) is 136 Å². The highest BCUT2D eigenvalue weighted by Gasteiger charge is 2.14. The lowest BCUT2D eigenvalue weighted by molar-refractivity contribution is 0.586. The van der Waals surface area contributed by atoms with Crippen LogP contribution in [-0.2, 0) is 0 Å². The van der Waals surface area contributed by atoms with E-state index in [4.69, 9.17) is 25.4 Å². The summed E-state index contributed by atoms with van der Waals surface area (Å²) in [5.74, 6) is 5.20. The molecule has 0 unspecified atom stereocenters. The highest BCUT2D eigenvalue weighted by Crippen LogP contribution is 2.31. The molecule has 0 radical (unpaired) electrons. The van der Waals surface area contributed by atoms with Gasteiger partial charge in [-0.2, -0.15) is 11.3 Å². The Morgan fingerprint density at radius 1 is 0.679 bits per heavy atom. The van der Waals surface area contributed by atoms with Gasteiger partial charge in [-0.1, -0.05) is 23.7 Å². The van der Waals surface area contributed by atoms with Crippen LogP contribution in [0.3, 0.4) is 0 Å². The zero-order valence-electron chi connectivity index (χ0n) is 28.4. The van der Waals surface area contributed by atoms with Crippen LogP contribution in [0.25, 0.3) is 56.7 Å². The first-order valence-corrected chi connectivity index (χ1v) is 17.8. The molecule has 0 fully saturated rings. The first-order valence-electron chi connectivity index (χ1n) is 16.5. The summed E-state index contributed by atoms with van der Waals surface area (Å²) in [7, 11) is 0. The van der Waals surface area contributed by atoms with Crippen LogP contribution in [0.5, 0.6) is 0 Å². The third-order valence-corrected chi connectivity index (χ3v) is 8.97. The summed E-state index contributed by atoms with van der Waals surface area (Å²) in [6, 6.07) is 27.1. The molecule has 0 aliphatic carbocycles. The van der Waals surface area contributed by atoms with Gasteiger partial charge < -0.3 is 24.5 Å². The molecule has 53 heavy (non-hydrogen) atoms. The number of nitrogens with zero attached hydrogens (tertiary/aromatic N) is 6. The van der Waals surface area contributed by atoms with Crippen molar-refractivity contribution in [3.63, 3.8) is 0 Å². The number of hydrogen-bond acceptors (Lipinski definition) is 11. The molecule has 8 heterocycles. The van der Waals surface area contributed by atoms with E-state index in [0.29, 0.717) is 51.5 Å². The zero-order valence-corrected chi connectivity index (χ0v) is 30.0. The van der Waals surface area contributed by atoms with E-state index in [2.05, 4.69) is 46.6 Å². The number of hydrogen-bond donors (Lipinski definition) is 3. The number of oxazole rings is 2. The second-order valence-electron chi connectivity index (χ2n) is 12.0. The minimum atomic E-state index is 0.572. The molecule has 260 valence electrons. The lowest BCUT2D eigenvalue weighted by Crippen LogP contribution is -1.98. The SMILES string of the molecule is Cc1ccnc(Nc2ccc(C)c(-c3cnc(-c4ccc5[nH]ccc5c4)o3)n2)c1.Clc1ccc(Nc2cccc(-c3cnc(-c4ccsc4)o3)n2)nc1. The van der Waals surface area contributed by atoms with Crippen molar-refractivity contribution in [3.8, 4) is 45.8 Å². The van der Waals surface area contributed by atoms with E-state index in [-0.39, 0.29) is 0 Å². The number of nitrogens with one attached hydrogen (secondary N) is 3. The molecule has 3 N–H and O–H groups in total. The summed E-state index contributed by atoms with van der Waals surface area (Å²) in [6.45, 7) is 4.03. The number of H-pyrrole nitrogens is 1. The number of halogens is 1. The summed E-state index contributed by atoms with van der Waals surface area (Å²) in [5.41, 5.74) is 6.57. The predicted molar refractivity (Wildman–Crippen MR) is 210 cm³/mol. The van der Waals surface area contributed by atoms with Crippen LogP contribution < -0.4 is 10.6 Å². The number of aryl methyl sites for hydroxylation is 2. The molecule has 0 spiro atoms. The molecule has 0 saturated heterocycles. The molecule has 11 nitrogen and oxygen atoms in total. The molecule has 9 aromatic rings. The Morgan fingerprint density at radius 2 is 1.49 bits per heavy atom. The first-order chi connectivity index (χ1) is 25.9. The number of thiophene rings is 1. The number of rotatable bonds is 8. The van der Waals surface area contributed by atoms with Crippen molar-refractivity contribution in [2.45, 2.75) is 13.8 Å². The Morgan fingerprint density at radius 3 is 2.32 bits per heavy atom. The third kappa shape index (κ3) is 7.83. The highest BCUT2D eigenvalue weighted by molar-refractivity contribution is 7.08. The largest absolute Gasteiger partial charge is 0.434 e. The zero-order chi connectivity index (χ0) is 36.1. The molecule has 0 aliphatic heterocycles. The van der Waals surface area contributed by atoms with Gasteiger partial charge in [0.25, 0.3) is 0 Å². The first kappa shape index (κ1) is 33.5. The predicted octanol–water partition coefficient (Wildman–Crippen LogP) is 10.9. The van der Waals surface area contributed by atoms with Gasteiger partial charge in [-0.05, 0) is 103 Å². The van der Waals surface area contributed by atoms with Crippen LogP contribution in [0.4, 0.5) is 23.3 Å². The summed E-state index contributed by atoms with van der Waals surface area (Å²) in [4.78, 5) is 29.8. The van der Waals surface area contributed by atoms with Crippen LogP contribution in [0, 0.1) is 13.8 Å². The fourth-order valence-corrected chi connectivity index (χ4v) is 6.16. The summed E-state index contributed by atoms with van der Waals surface area (Å²) < 4.78 is 11.9. The lowest BCUT2D eigenvalue weighted by Gasteiger charge is -2.08. The van der Waals surface area contributed by atoms with Gasteiger partial charge in [-0.25, -0.2) is 29.9 Å². The number of pyridine rings is 4. The van der Waals surface area contributed by atoms with E-state index in [9.17, 15) is 0 Å². The molecule has 0 saturated carbocycles. The summed E-state index contributed by atoms with van der Waals surface area (Å²) in [5, 5.41) is 12.1. The molecular weight excluding hydrogens is 706 g/mol. The number of fused-ring (bicyclic) bond motifs is 1. The molecule has 0 amide bonds. The van der Waals surface area contributed by atoms with Crippen molar-refractivity contribution in [2.75, 3.05) is 10.6 Å². The Bertz CT molecular complexity index is 2630. The second-order valence-corrected chi connectivity index (χ2v) is 13.2. The standard InChI is InChI=1S/C23H19N5O.C17H11ClN4OS/c1-14-7-9-25-21(11-14)27-20-6-3-15(2)22(28-20)19-13-26-23(29-19)17-4-5-18-16(12-17)8-10-24-18;18-12-4-5-15(19-8-12)22-16-3-1-2-13(21-16)14-9-20-17(23-14)11-6-7-24-10-11/h3-13,24H,1-2H3,(H,25,27,28);1-10H,(H,19,21,22). The van der Waals surface area contributed by atoms with Crippen LogP contribution in [0.2, 0.25) is 5.02 Å². The van der Waals surface area contributed by atoms with E-state index in [1.807, 2.05) is 97.5 Å². The van der Waals surface area contributed by atoms with Gasteiger partial charge in [0, 0.05) is 46.0 Å². The van der Waals surface area contributed by atoms with Gasteiger partial charge in [0.05, 0.1) is 17.4 Å². The lowest BCUT2D eigenvalue weighted by atomic mass is 10.1. The van der Waals surface area contributed by atoms with E-state index in [1.54, 1.807) is 48.3 Å². The maximum absolute atomic E-state index is 6.06. The van der Waals surface area contributed by atoms with Gasteiger partial charge in [0.15, 0.2) is 11.5 Å². The minimum Gasteiger partial charge on any atom is -0.434 e. The van der Waals surface area contributed by atoms with E-state index >= 15 is 0 Å². The molecule has 13 heteroatoms. The van der Waals surface area contributed by atoms with Gasteiger partial charge >= 0.3 is 0 Å². The van der Waals surface area contributed by atoms with Crippen molar-refractivity contribution in [3.05, 3.63) is 143 Å². The molecule has 9 rings (SSSR count). The number of aromatic amines is 1. The van der Waals surface area contributed by atoms with Gasteiger partial charge in [0.2, 0.25) is 11.8 Å². The van der Waals surface area contributed by atoms with Crippen molar-refractivity contribution >= 4 is 57.1 Å². The van der Waals surface area contributed by atoms with Crippen molar-refractivity contribution in [1.29, 1.82) is 0 Å². The number of benzene rings is 1. The molecular formula is C40H30ClN9O2S. The molecule has 0 atom stereocenters.